The van der Waals surface area contributed by atoms with Crippen LogP contribution in [-0.2, 0) is 37.0 Å². The van der Waals surface area contributed by atoms with Crippen LogP contribution in [0.3, 0.4) is 0 Å². The lowest BCUT2D eigenvalue weighted by Gasteiger charge is -2.25. The van der Waals surface area contributed by atoms with E-state index in [4.69, 9.17) is 13.7 Å². The highest BCUT2D eigenvalue weighted by molar-refractivity contribution is 7.86. The van der Waals surface area contributed by atoms with Gasteiger partial charge in [0, 0.05) is 61.3 Å². The van der Waals surface area contributed by atoms with E-state index in [0.717, 1.165) is 22.3 Å². The van der Waals surface area contributed by atoms with Gasteiger partial charge in [0.2, 0.25) is 11.8 Å². The zero-order valence-corrected chi connectivity index (χ0v) is 35.2. The Morgan fingerprint density at radius 2 is 1.15 bits per heavy atom. The lowest BCUT2D eigenvalue weighted by Crippen LogP contribution is -2.36. The molecule has 2 aliphatic heterocycles. The number of aliphatic hydroxyl groups excluding tert-OH is 1. The second-order valence-electron chi connectivity index (χ2n) is 14.8. The van der Waals surface area contributed by atoms with Crippen molar-refractivity contribution in [3.05, 3.63) is 146 Å². The molecule has 7 rings (SSSR count). The summed E-state index contributed by atoms with van der Waals surface area (Å²) in [5, 5.41) is 31.7. The van der Waals surface area contributed by atoms with E-state index in [2.05, 4.69) is 0 Å². The van der Waals surface area contributed by atoms with Gasteiger partial charge in [-0.2, -0.15) is 8.42 Å². The van der Waals surface area contributed by atoms with Crippen LogP contribution in [0.15, 0.2) is 114 Å². The molecule has 0 saturated carbocycles. The molecular formula is C45H46N4O12S. The van der Waals surface area contributed by atoms with Gasteiger partial charge in [-0.1, -0.05) is 54.1 Å². The van der Waals surface area contributed by atoms with E-state index in [1.54, 1.807) is 65.4 Å². The molecule has 0 aromatic heterocycles. The summed E-state index contributed by atoms with van der Waals surface area (Å²) in [5.74, 6) is 1.07. The van der Waals surface area contributed by atoms with Gasteiger partial charge in [0.1, 0.15) is 11.5 Å². The number of ether oxygens (including phenoxy) is 2. The smallest absolute Gasteiger partial charge is 0.297 e. The van der Waals surface area contributed by atoms with E-state index in [1.165, 1.54) is 43.5 Å². The number of hydrogen-bond donors (Lipinski definition) is 1. The van der Waals surface area contributed by atoms with E-state index in [1.807, 2.05) is 31.2 Å². The van der Waals surface area contributed by atoms with E-state index >= 15 is 0 Å². The summed E-state index contributed by atoms with van der Waals surface area (Å²) in [7, 11) is -0.892. The number of hydrogen-bond acceptors (Lipinski definition) is 12. The third kappa shape index (κ3) is 10.6. The first-order valence-corrected chi connectivity index (χ1v) is 21.1. The predicted octanol–water partition coefficient (Wildman–Crippen LogP) is 7.23. The molecule has 17 heteroatoms. The SMILES string of the molecule is COc1ccc(CN2C(=O)CC[C@H]2CO)cc1-c1cccc([N+](=O)[O-])c1.COc1ccc(CN2C(=O)CC[C@H]2COS(=O)(=O)c2ccc(C)cc2)cc1-c1cccc([N+](=O)[O-])c1. The molecule has 2 amide bonds. The molecule has 5 aromatic carbocycles. The van der Waals surface area contributed by atoms with Crippen molar-refractivity contribution in [3.8, 4) is 33.8 Å². The number of likely N-dealkylation sites (tertiary alicyclic amines) is 2. The van der Waals surface area contributed by atoms with Crippen LogP contribution >= 0.6 is 0 Å². The molecule has 2 fully saturated rings. The van der Waals surface area contributed by atoms with E-state index in [0.29, 0.717) is 60.4 Å². The largest absolute Gasteiger partial charge is 0.496 e. The number of non-ortho nitro benzene ring substituents is 2. The first-order chi connectivity index (χ1) is 29.7. The van der Waals surface area contributed by atoms with Crippen LogP contribution < -0.4 is 9.47 Å². The topological polar surface area (TPSA) is 209 Å². The molecule has 62 heavy (non-hydrogen) atoms. The van der Waals surface area contributed by atoms with Crippen molar-refractivity contribution in [3.63, 3.8) is 0 Å². The minimum Gasteiger partial charge on any atom is -0.496 e. The first kappa shape index (κ1) is 44.9. The Labute approximate surface area is 358 Å². The third-order valence-corrected chi connectivity index (χ3v) is 12.1. The summed E-state index contributed by atoms with van der Waals surface area (Å²) in [6.07, 6.45) is 1.88. The molecular weight excluding hydrogens is 821 g/mol. The highest BCUT2D eigenvalue weighted by atomic mass is 32.2. The molecule has 0 bridgehead atoms. The second kappa shape index (κ2) is 19.8. The predicted molar refractivity (Wildman–Crippen MR) is 229 cm³/mol. The molecule has 0 aliphatic carbocycles. The average Bonchev–Trinajstić information content (AvgIpc) is 3.82. The molecule has 2 heterocycles. The molecule has 324 valence electrons. The number of rotatable bonds is 15. The van der Waals surface area contributed by atoms with Gasteiger partial charge in [0.05, 0.1) is 54.3 Å². The summed E-state index contributed by atoms with van der Waals surface area (Å²) >= 11 is 0. The number of nitro groups is 2. The van der Waals surface area contributed by atoms with Gasteiger partial charge in [0.15, 0.2) is 0 Å². The number of benzene rings is 5. The Hall–Kier alpha value is -6.69. The number of methoxy groups -OCH3 is 2. The minimum atomic E-state index is -3.95. The fourth-order valence-corrected chi connectivity index (χ4v) is 8.39. The van der Waals surface area contributed by atoms with E-state index in [9.17, 15) is 43.3 Å². The van der Waals surface area contributed by atoms with Crippen molar-refractivity contribution < 1.29 is 46.6 Å². The van der Waals surface area contributed by atoms with Gasteiger partial charge in [-0.25, -0.2) is 0 Å². The quantitative estimate of drug-likeness (QED) is 0.0628. The number of amides is 2. The van der Waals surface area contributed by atoms with Crippen molar-refractivity contribution in [1.29, 1.82) is 0 Å². The van der Waals surface area contributed by atoms with Crippen LogP contribution in [0.25, 0.3) is 22.3 Å². The standard InChI is InChI=1S/C26H26N2O7S.C19H20N2O5/c1-18-6-10-23(11-7-18)36(32,33)35-17-22-9-13-26(29)27(22)16-19-8-12-25(34-2)24(14-19)20-4-3-5-21(15-20)28(30)31;1-26-18-7-5-13(11-20-16(12-22)6-8-19(20)23)9-17(18)14-3-2-4-15(10-14)21(24)25/h3-8,10-12,14-15,22H,9,13,16-17H2,1-2H3;2-5,7,9-10,16,22H,6,8,11-12H2,1H3/t22-;16-/m00/s1. The zero-order chi connectivity index (χ0) is 44.6. The Balaban J connectivity index is 0.000000218. The van der Waals surface area contributed by atoms with Crippen molar-refractivity contribution >= 4 is 33.3 Å². The monoisotopic (exact) mass is 866 g/mol. The van der Waals surface area contributed by atoms with Gasteiger partial charge >= 0.3 is 0 Å². The van der Waals surface area contributed by atoms with Crippen LogP contribution in [0.1, 0.15) is 42.4 Å². The molecule has 0 radical (unpaired) electrons. The molecule has 2 atom stereocenters. The van der Waals surface area contributed by atoms with Crippen LogP contribution in [0, 0.1) is 27.2 Å². The number of carbonyl (C=O) groups is 2. The summed E-state index contributed by atoms with van der Waals surface area (Å²) in [6.45, 7) is 2.29. The first-order valence-electron chi connectivity index (χ1n) is 19.7. The van der Waals surface area contributed by atoms with Crippen LogP contribution in [0.5, 0.6) is 11.5 Å². The number of nitro benzene ring substituents is 2. The number of aryl methyl sites for hydroxylation is 1. The van der Waals surface area contributed by atoms with Gasteiger partial charge < -0.3 is 24.4 Å². The van der Waals surface area contributed by atoms with Crippen LogP contribution in [-0.4, -0.2) is 84.5 Å². The van der Waals surface area contributed by atoms with Crippen molar-refractivity contribution in [2.75, 3.05) is 27.4 Å². The van der Waals surface area contributed by atoms with Crippen molar-refractivity contribution in [1.82, 2.24) is 9.80 Å². The second-order valence-corrected chi connectivity index (χ2v) is 16.5. The maximum absolute atomic E-state index is 12.6. The maximum Gasteiger partial charge on any atom is 0.297 e. The minimum absolute atomic E-state index is 0.00465. The lowest BCUT2D eigenvalue weighted by molar-refractivity contribution is -0.385. The molecule has 0 unspecified atom stereocenters. The van der Waals surface area contributed by atoms with Gasteiger partial charge in [-0.15, -0.1) is 0 Å². The van der Waals surface area contributed by atoms with Gasteiger partial charge in [0.25, 0.3) is 21.5 Å². The van der Waals surface area contributed by atoms with E-state index in [-0.39, 0.29) is 53.9 Å². The lowest BCUT2D eigenvalue weighted by atomic mass is 10.0. The van der Waals surface area contributed by atoms with Gasteiger partial charge in [-0.3, -0.25) is 34.0 Å². The normalized spacial score (nSPS) is 16.2. The summed E-state index contributed by atoms with van der Waals surface area (Å²) in [6, 6.07) is 29.3. The van der Waals surface area contributed by atoms with Crippen molar-refractivity contribution in [2.24, 2.45) is 0 Å². The molecule has 1 N–H and O–H groups in total. The van der Waals surface area contributed by atoms with Crippen LogP contribution in [0.2, 0.25) is 0 Å². The summed E-state index contributed by atoms with van der Waals surface area (Å²) in [4.78, 5) is 49.4. The fourth-order valence-electron chi connectivity index (χ4n) is 7.45. The molecule has 0 spiro atoms. The molecule has 5 aromatic rings. The average molecular weight is 867 g/mol. The number of carbonyl (C=O) groups excluding carboxylic acids is 2. The molecule has 16 nitrogen and oxygen atoms in total. The Bertz CT molecular complexity index is 2570. The highest BCUT2D eigenvalue weighted by Crippen LogP contribution is 2.36. The third-order valence-electron chi connectivity index (χ3n) is 10.8. The van der Waals surface area contributed by atoms with Gasteiger partial charge in [-0.05, 0) is 78.4 Å². The Morgan fingerprint density at radius 3 is 1.60 bits per heavy atom. The highest BCUT2D eigenvalue weighted by Gasteiger charge is 2.33. The summed E-state index contributed by atoms with van der Waals surface area (Å²) in [5.41, 5.74) is 5.21. The van der Waals surface area contributed by atoms with E-state index < -0.39 is 26.0 Å². The number of nitrogens with zero attached hydrogens (tertiary/aromatic N) is 4. The van der Waals surface area contributed by atoms with Crippen molar-refractivity contribution in [2.45, 2.75) is 62.7 Å². The van der Waals surface area contributed by atoms with Crippen LogP contribution in [0.4, 0.5) is 11.4 Å². The Morgan fingerprint density at radius 1 is 0.677 bits per heavy atom. The zero-order valence-electron chi connectivity index (χ0n) is 34.3. The molecule has 2 aliphatic rings. The fraction of sp³-hybridized carbons (Fsp3) is 0.289. The number of aliphatic hydroxyl groups is 1. The maximum atomic E-state index is 12.6. The molecule has 2 saturated heterocycles. The summed E-state index contributed by atoms with van der Waals surface area (Å²) < 4.78 is 41.4. The Kier molecular flexibility index (Phi) is 14.3.